The molecule has 1 rings (SSSR count). The third-order valence-electron chi connectivity index (χ3n) is 2.84. The molecule has 0 aliphatic carbocycles. The molecule has 14 heavy (non-hydrogen) atoms. The van der Waals surface area contributed by atoms with Gasteiger partial charge in [0.1, 0.15) is 0 Å². The molecule has 84 valence electrons. The lowest BCUT2D eigenvalue weighted by molar-refractivity contribution is 0.347. The fourth-order valence-electron chi connectivity index (χ4n) is 1.70. The number of hydrogen-bond acceptors (Lipinski definition) is 3. The Morgan fingerprint density at radius 2 is 2.07 bits per heavy atom. The lowest BCUT2D eigenvalue weighted by Crippen LogP contribution is -2.35. The molecular weight excluding hydrogens is 200 g/mol. The van der Waals surface area contributed by atoms with Crippen LogP contribution >= 0.6 is 0 Å². The van der Waals surface area contributed by atoms with Crippen LogP contribution in [-0.4, -0.2) is 37.6 Å². The molecule has 0 spiro atoms. The first-order valence-corrected chi connectivity index (χ1v) is 6.64. The first-order valence-electron chi connectivity index (χ1n) is 5.03. The third kappa shape index (κ3) is 2.27. The van der Waals surface area contributed by atoms with Crippen LogP contribution in [0.4, 0.5) is 0 Å². The van der Waals surface area contributed by atoms with Crippen molar-refractivity contribution in [3.05, 3.63) is 0 Å². The van der Waals surface area contributed by atoms with Gasteiger partial charge < -0.3 is 5.73 Å². The summed E-state index contributed by atoms with van der Waals surface area (Å²) in [5.41, 5.74) is 5.79. The van der Waals surface area contributed by atoms with Crippen molar-refractivity contribution in [1.82, 2.24) is 4.31 Å². The van der Waals surface area contributed by atoms with Crippen molar-refractivity contribution >= 4 is 10.0 Å². The lowest BCUT2D eigenvalue weighted by atomic mass is 9.89. The van der Waals surface area contributed by atoms with Crippen molar-refractivity contribution in [3.8, 4) is 0 Å². The maximum absolute atomic E-state index is 11.7. The molecule has 1 saturated heterocycles. The minimum atomic E-state index is -3.06. The van der Waals surface area contributed by atoms with Gasteiger partial charge in [0.15, 0.2) is 0 Å². The van der Waals surface area contributed by atoms with Crippen LogP contribution in [-0.2, 0) is 10.0 Å². The van der Waals surface area contributed by atoms with Crippen molar-refractivity contribution in [2.45, 2.75) is 33.2 Å². The Labute approximate surface area is 86.5 Å². The van der Waals surface area contributed by atoms with E-state index in [1.807, 2.05) is 20.8 Å². The van der Waals surface area contributed by atoms with Crippen LogP contribution in [0.15, 0.2) is 0 Å². The summed E-state index contributed by atoms with van der Waals surface area (Å²) in [5.74, 6) is 0.232. The van der Waals surface area contributed by atoms with Gasteiger partial charge in [0.25, 0.3) is 0 Å². The average Bonchev–Trinajstić information content (AvgIpc) is 2.27. The first kappa shape index (κ1) is 11.9. The van der Waals surface area contributed by atoms with Crippen LogP contribution in [0.5, 0.6) is 0 Å². The van der Waals surface area contributed by atoms with E-state index in [2.05, 4.69) is 0 Å². The van der Waals surface area contributed by atoms with Crippen molar-refractivity contribution in [2.75, 3.05) is 18.8 Å². The monoisotopic (exact) mass is 220 g/mol. The predicted octanol–water partition coefficient (Wildman–Crippen LogP) is 0.395. The largest absolute Gasteiger partial charge is 0.326 e. The van der Waals surface area contributed by atoms with E-state index < -0.39 is 10.0 Å². The number of sulfonamides is 1. The summed E-state index contributed by atoms with van der Waals surface area (Å²) in [4.78, 5) is 0. The molecule has 0 bridgehead atoms. The molecule has 0 aromatic rings. The van der Waals surface area contributed by atoms with Gasteiger partial charge in [-0.3, -0.25) is 0 Å². The molecule has 1 aliphatic heterocycles. The average molecular weight is 220 g/mol. The van der Waals surface area contributed by atoms with Gasteiger partial charge in [-0.1, -0.05) is 20.8 Å². The summed E-state index contributed by atoms with van der Waals surface area (Å²) in [6.07, 6.45) is 0.661. The highest BCUT2D eigenvalue weighted by Crippen LogP contribution is 2.29. The first-order chi connectivity index (χ1) is 6.29. The molecule has 0 radical (unpaired) electrons. The van der Waals surface area contributed by atoms with Crippen LogP contribution in [0.2, 0.25) is 0 Å². The molecule has 1 unspecified atom stereocenters. The van der Waals surface area contributed by atoms with E-state index in [-0.39, 0.29) is 17.2 Å². The SMILES string of the molecule is CCCS(=O)(=O)N1CC(N)C(C)(C)C1. The molecule has 0 aromatic carbocycles. The second-order valence-electron chi connectivity index (χ2n) is 4.70. The van der Waals surface area contributed by atoms with E-state index in [9.17, 15) is 8.42 Å². The summed E-state index contributed by atoms with van der Waals surface area (Å²) in [7, 11) is -3.06. The highest BCUT2D eigenvalue weighted by Gasteiger charge is 2.41. The van der Waals surface area contributed by atoms with Gasteiger partial charge in [-0.25, -0.2) is 8.42 Å². The Kier molecular flexibility index (Phi) is 3.23. The molecule has 0 saturated carbocycles. The van der Waals surface area contributed by atoms with E-state index in [0.717, 1.165) is 0 Å². The zero-order valence-electron chi connectivity index (χ0n) is 9.16. The fraction of sp³-hybridized carbons (Fsp3) is 1.00. The number of hydrogen-bond donors (Lipinski definition) is 1. The Morgan fingerprint density at radius 3 is 2.43 bits per heavy atom. The van der Waals surface area contributed by atoms with Crippen LogP contribution in [0.1, 0.15) is 27.2 Å². The van der Waals surface area contributed by atoms with E-state index in [4.69, 9.17) is 5.73 Å². The standard InChI is InChI=1S/C9H20N2O2S/c1-4-5-14(12,13)11-6-8(10)9(2,3)7-11/h8H,4-7,10H2,1-3H3. The van der Waals surface area contributed by atoms with Crippen molar-refractivity contribution < 1.29 is 8.42 Å². The van der Waals surface area contributed by atoms with Gasteiger partial charge >= 0.3 is 0 Å². The summed E-state index contributed by atoms with van der Waals surface area (Å²) in [5, 5.41) is 0. The Hall–Kier alpha value is -0.130. The highest BCUT2D eigenvalue weighted by molar-refractivity contribution is 7.89. The zero-order chi connectivity index (χ0) is 11.0. The summed E-state index contributed by atoms with van der Waals surface area (Å²) < 4.78 is 25.0. The minimum Gasteiger partial charge on any atom is -0.326 e. The van der Waals surface area contributed by atoms with E-state index in [1.165, 1.54) is 4.31 Å². The normalized spacial score (nSPS) is 28.1. The van der Waals surface area contributed by atoms with Gasteiger partial charge in [0.2, 0.25) is 10.0 Å². The molecule has 4 nitrogen and oxygen atoms in total. The topological polar surface area (TPSA) is 63.4 Å². The molecule has 2 N–H and O–H groups in total. The summed E-state index contributed by atoms with van der Waals surface area (Å²) >= 11 is 0. The van der Waals surface area contributed by atoms with Crippen LogP contribution in [0.25, 0.3) is 0 Å². The molecule has 1 atom stereocenters. The molecule has 0 amide bonds. The highest BCUT2D eigenvalue weighted by atomic mass is 32.2. The molecule has 0 aromatic heterocycles. The molecular formula is C9H20N2O2S. The minimum absolute atomic E-state index is 0.0471. The number of nitrogens with two attached hydrogens (primary N) is 1. The Balaban J connectivity index is 2.76. The predicted molar refractivity (Wildman–Crippen MR) is 57.4 cm³/mol. The van der Waals surface area contributed by atoms with Gasteiger partial charge in [-0.2, -0.15) is 4.31 Å². The van der Waals surface area contributed by atoms with Crippen molar-refractivity contribution in [3.63, 3.8) is 0 Å². The smallest absolute Gasteiger partial charge is 0.214 e. The van der Waals surface area contributed by atoms with Crippen LogP contribution in [0.3, 0.4) is 0 Å². The molecule has 5 heteroatoms. The number of nitrogens with zero attached hydrogens (tertiary/aromatic N) is 1. The van der Waals surface area contributed by atoms with E-state index >= 15 is 0 Å². The zero-order valence-corrected chi connectivity index (χ0v) is 9.97. The maximum Gasteiger partial charge on any atom is 0.214 e. The second kappa shape index (κ2) is 3.79. The second-order valence-corrected chi connectivity index (χ2v) is 6.79. The van der Waals surface area contributed by atoms with Crippen LogP contribution in [0, 0.1) is 5.41 Å². The Bertz CT molecular complexity index is 298. The van der Waals surface area contributed by atoms with Gasteiger partial charge in [-0.05, 0) is 11.8 Å². The summed E-state index contributed by atoms with van der Waals surface area (Å²) in [6.45, 7) is 6.92. The van der Waals surface area contributed by atoms with Crippen molar-refractivity contribution in [2.24, 2.45) is 11.1 Å². The van der Waals surface area contributed by atoms with Gasteiger partial charge in [0.05, 0.1) is 5.75 Å². The molecule has 1 heterocycles. The maximum atomic E-state index is 11.7. The van der Waals surface area contributed by atoms with Gasteiger partial charge in [0, 0.05) is 19.1 Å². The Morgan fingerprint density at radius 1 is 1.50 bits per heavy atom. The van der Waals surface area contributed by atoms with Crippen LogP contribution < -0.4 is 5.73 Å². The molecule has 1 fully saturated rings. The quantitative estimate of drug-likeness (QED) is 0.748. The fourth-order valence-corrected chi connectivity index (χ4v) is 3.39. The lowest BCUT2D eigenvalue weighted by Gasteiger charge is -2.21. The van der Waals surface area contributed by atoms with Crippen molar-refractivity contribution in [1.29, 1.82) is 0 Å². The number of rotatable bonds is 3. The van der Waals surface area contributed by atoms with E-state index in [0.29, 0.717) is 19.5 Å². The third-order valence-corrected chi connectivity index (χ3v) is 4.83. The molecule has 1 aliphatic rings. The van der Waals surface area contributed by atoms with E-state index in [1.54, 1.807) is 0 Å². The summed E-state index contributed by atoms with van der Waals surface area (Å²) in [6, 6.07) is -0.0471. The van der Waals surface area contributed by atoms with Gasteiger partial charge in [-0.15, -0.1) is 0 Å².